The highest BCUT2D eigenvalue weighted by atomic mass is 35.5. The van der Waals surface area contributed by atoms with Gasteiger partial charge in [0.25, 0.3) is 0 Å². The molecule has 0 bridgehead atoms. The third-order valence-corrected chi connectivity index (χ3v) is 4.14. The lowest BCUT2D eigenvalue weighted by molar-refractivity contribution is 0.343. The topological polar surface area (TPSA) is 9.23 Å². The van der Waals surface area contributed by atoms with Crippen LogP contribution in [-0.2, 0) is 0 Å². The zero-order valence-electron chi connectivity index (χ0n) is 10.1. The smallest absolute Gasteiger partial charge is 0.126 e. The van der Waals surface area contributed by atoms with E-state index in [0.717, 1.165) is 42.9 Å². The van der Waals surface area contributed by atoms with E-state index in [9.17, 15) is 4.39 Å². The lowest BCUT2D eigenvalue weighted by atomic mass is 9.79. The van der Waals surface area contributed by atoms with Crippen molar-refractivity contribution in [3.63, 3.8) is 0 Å². The van der Waals surface area contributed by atoms with E-state index in [0.29, 0.717) is 11.8 Å². The van der Waals surface area contributed by atoms with Gasteiger partial charge in [-0.15, -0.1) is 11.6 Å². The van der Waals surface area contributed by atoms with Crippen molar-refractivity contribution < 1.29 is 9.13 Å². The van der Waals surface area contributed by atoms with E-state index in [4.69, 9.17) is 16.3 Å². The van der Waals surface area contributed by atoms with Crippen LogP contribution in [0.1, 0.15) is 37.2 Å². The van der Waals surface area contributed by atoms with Crippen LogP contribution in [0.5, 0.6) is 5.75 Å². The van der Waals surface area contributed by atoms with Gasteiger partial charge < -0.3 is 4.74 Å². The summed E-state index contributed by atoms with van der Waals surface area (Å²) in [5.74, 6) is 2.29. The lowest BCUT2D eigenvalue weighted by Gasteiger charge is -2.27. The third-order valence-electron chi connectivity index (χ3n) is 3.71. The number of ether oxygens (including phenoxy) is 1. The van der Waals surface area contributed by atoms with Gasteiger partial charge in [-0.2, -0.15) is 0 Å². The average molecular weight is 257 g/mol. The maximum atomic E-state index is 13.8. The average Bonchev–Trinajstić information content (AvgIpc) is 2.39. The first-order chi connectivity index (χ1) is 8.24. The number of hydrogen-bond donors (Lipinski definition) is 0. The molecular formula is C14H18ClFO. The van der Waals surface area contributed by atoms with Gasteiger partial charge >= 0.3 is 0 Å². The van der Waals surface area contributed by atoms with E-state index in [1.807, 2.05) is 6.07 Å². The highest BCUT2D eigenvalue weighted by molar-refractivity contribution is 6.18. The van der Waals surface area contributed by atoms with Crippen LogP contribution >= 0.6 is 11.6 Å². The van der Waals surface area contributed by atoms with Crippen molar-refractivity contribution in [3.05, 3.63) is 29.6 Å². The first kappa shape index (κ1) is 12.7. The molecule has 0 aliphatic heterocycles. The molecule has 0 heterocycles. The lowest BCUT2D eigenvalue weighted by Crippen LogP contribution is -2.15. The summed E-state index contributed by atoms with van der Waals surface area (Å²) >= 11 is 5.86. The normalized spacial score (nSPS) is 24.6. The third kappa shape index (κ3) is 2.92. The summed E-state index contributed by atoms with van der Waals surface area (Å²) in [7, 11) is 1.61. The molecule has 1 aromatic rings. The number of rotatable bonds is 3. The number of alkyl halides is 1. The van der Waals surface area contributed by atoms with E-state index in [1.165, 1.54) is 6.07 Å². The van der Waals surface area contributed by atoms with Crippen LogP contribution in [0.2, 0.25) is 0 Å². The Morgan fingerprint density at radius 3 is 2.59 bits per heavy atom. The Morgan fingerprint density at radius 1 is 1.29 bits per heavy atom. The van der Waals surface area contributed by atoms with E-state index in [2.05, 4.69) is 0 Å². The fraction of sp³-hybridized carbons (Fsp3) is 0.571. The molecule has 17 heavy (non-hydrogen) atoms. The van der Waals surface area contributed by atoms with Crippen LogP contribution in [0.4, 0.5) is 4.39 Å². The van der Waals surface area contributed by atoms with Crippen molar-refractivity contribution in [3.8, 4) is 5.75 Å². The summed E-state index contributed by atoms with van der Waals surface area (Å²) in [5.41, 5.74) is 0.803. The molecule has 0 N–H and O–H groups in total. The van der Waals surface area contributed by atoms with Crippen LogP contribution in [0.15, 0.2) is 18.2 Å². The van der Waals surface area contributed by atoms with Crippen molar-refractivity contribution in [2.45, 2.75) is 31.6 Å². The predicted octanol–water partition coefficient (Wildman–Crippen LogP) is 4.35. The highest BCUT2D eigenvalue weighted by Gasteiger charge is 2.24. The second-order valence-electron chi connectivity index (χ2n) is 4.76. The quantitative estimate of drug-likeness (QED) is 0.731. The maximum Gasteiger partial charge on any atom is 0.126 e. The molecule has 1 fully saturated rings. The molecule has 0 saturated heterocycles. The zero-order valence-corrected chi connectivity index (χ0v) is 10.8. The van der Waals surface area contributed by atoms with Crippen molar-refractivity contribution in [1.82, 2.24) is 0 Å². The van der Waals surface area contributed by atoms with Gasteiger partial charge in [0, 0.05) is 5.88 Å². The van der Waals surface area contributed by atoms with Crippen molar-refractivity contribution in [2.24, 2.45) is 5.92 Å². The molecular weight excluding hydrogens is 239 g/mol. The minimum Gasteiger partial charge on any atom is -0.497 e. The molecule has 1 aliphatic carbocycles. The fourth-order valence-corrected chi connectivity index (χ4v) is 2.90. The number of halogens is 2. The molecule has 0 unspecified atom stereocenters. The Labute approximate surface area is 107 Å². The molecule has 0 atom stereocenters. The van der Waals surface area contributed by atoms with Gasteiger partial charge in [0.05, 0.1) is 7.11 Å². The Morgan fingerprint density at radius 2 is 2.00 bits per heavy atom. The number of benzene rings is 1. The first-order valence-corrected chi connectivity index (χ1v) is 6.67. The molecule has 1 nitrogen and oxygen atoms in total. The summed E-state index contributed by atoms with van der Waals surface area (Å²) in [6, 6.07) is 5.01. The largest absolute Gasteiger partial charge is 0.497 e. The second-order valence-corrected chi connectivity index (χ2v) is 5.07. The SMILES string of the molecule is COc1ccc(F)c([C@H]2CC[C@H](CCl)CC2)c1. The van der Waals surface area contributed by atoms with Crippen LogP contribution in [0.3, 0.4) is 0 Å². The Bertz CT molecular complexity index is 372. The van der Waals surface area contributed by atoms with Gasteiger partial charge in [0.15, 0.2) is 0 Å². The maximum absolute atomic E-state index is 13.8. The van der Waals surface area contributed by atoms with Gasteiger partial charge in [-0.25, -0.2) is 4.39 Å². The predicted molar refractivity (Wildman–Crippen MR) is 68.4 cm³/mol. The summed E-state index contributed by atoms with van der Waals surface area (Å²) in [6.45, 7) is 0. The second kappa shape index (κ2) is 5.72. The van der Waals surface area contributed by atoms with E-state index < -0.39 is 0 Å². The molecule has 1 aliphatic rings. The molecule has 0 aromatic heterocycles. The molecule has 3 heteroatoms. The van der Waals surface area contributed by atoms with E-state index in [-0.39, 0.29) is 5.82 Å². The summed E-state index contributed by atoms with van der Waals surface area (Å²) in [6.07, 6.45) is 4.26. The Balaban J connectivity index is 2.12. The van der Waals surface area contributed by atoms with Gasteiger partial charge in [-0.1, -0.05) is 0 Å². The highest BCUT2D eigenvalue weighted by Crippen LogP contribution is 2.38. The molecule has 0 spiro atoms. The number of methoxy groups -OCH3 is 1. The number of hydrogen-bond acceptors (Lipinski definition) is 1. The Hall–Kier alpha value is -0.760. The molecule has 2 rings (SSSR count). The molecule has 1 aromatic carbocycles. The van der Waals surface area contributed by atoms with Crippen LogP contribution in [-0.4, -0.2) is 13.0 Å². The van der Waals surface area contributed by atoms with Gasteiger partial charge in [0.1, 0.15) is 11.6 Å². The summed E-state index contributed by atoms with van der Waals surface area (Å²) in [5, 5.41) is 0. The van der Waals surface area contributed by atoms with E-state index in [1.54, 1.807) is 13.2 Å². The molecule has 0 amide bonds. The molecule has 0 radical (unpaired) electrons. The summed E-state index contributed by atoms with van der Waals surface area (Å²) in [4.78, 5) is 0. The van der Waals surface area contributed by atoms with Crippen molar-refractivity contribution in [2.75, 3.05) is 13.0 Å². The monoisotopic (exact) mass is 256 g/mol. The molecule has 1 saturated carbocycles. The fourth-order valence-electron chi connectivity index (χ4n) is 2.59. The van der Waals surface area contributed by atoms with Crippen LogP contribution in [0, 0.1) is 11.7 Å². The van der Waals surface area contributed by atoms with Crippen LogP contribution in [0.25, 0.3) is 0 Å². The van der Waals surface area contributed by atoms with E-state index >= 15 is 0 Å². The molecule has 94 valence electrons. The van der Waals surface area contributed by atoms with Gasteiger partial charge in [-0.05, 0) is 61.3 Å². The Kier molecular flexibility index (Phi) is 4.27. The van der Waals surface area contributed by atoms with Gasteiger partial charge in [-0.3, -0.25) is 0 Å². The zero-order chi connectivity index (χ0) is 12.3. The summed E-state index contributed by atoms with van der Waals surface area (Å²) < 4.78 is 18.9. The standard InChI is InChI=1S/C14H18ClFO/c1-17-12-6-7-14(16)13(8-12)11-4-2-10(9-15)3-5-11/h6-8,10-11H,2-5,9H2,1H3/t10-,11-. The minimum atomic E-state index is -0.111. The minimum absolute atomic E-state index is 0.111. The van der Waals surface area contributed by atoms with Crippen molar-refractivity contribution in [1.29, 1.82) is 0 Å². The van der Waals surface area contributed by atoms with Gasteiger partial charge in [0.2, 0.25) is 0 Å². The van der Waals surface area contributed by atoms with Crippen LogP contribution < -0.4 is 4.74 Å². The first-order valence-electron chi connectivity index (χ1n) is 6.14. The van der Waals surface area contributed by atoms with Crippen molar-refractivity contribution >= 4 is 11.6 Å².